The highest BCUT2D eigenvalue weighted by Crippen LogP contribution is 2.41. The molecule has 4 nitrogen and oxygen atoms in total. The lowest BCUT2D eigenvalue weighted by Crippen LogP contribution is -2.29. The molecule has 0 saturated heterocycles. The van der Waals surface area contributed by atoms with Crippen LogP contribution in [0.25, 0.3) is 10.4 Å². The Balaban J connectivity index is 2.17. The maximum absolute atomic E-state index is 11.6. The van der Waals surface area contributed by atoms with E-state index >= 15 is 0 Å². The summed E-state index contributed by atoms with van der Waals surface area (Å²) < 4.78 is 6.72. The van der Waals surface area contributed by atoms with Gasteiger partial charge >= 0.3 is 0 Å². The molecule has 98 valence electrons. The molecule has 0 atom stereocenters. The number of ether oxygens (including phenoxy) is 1. The molecule has 1 amide bonds. The van der Waals surface area contributed by atoms with Crippen molar-refractivity contribution in [2.75, 3.05) is 6.61 Å². The zero-order valence-electron chi connectivity index (χ0n) is 9.90. The van der Waals surface area contributed by atoms with Crippen molar-refractivity contribution in [1.82, 2.24) is 5.43 Å². The summed E-state index contributed by atoms with van der Waals surface area (Å²) in [5.41, 5.74) is 4.31. The molecule has 1 aromatic heterocycles. The van der Waals surface area contributed by atoms with Gasteiger partial charge in [-0.1, -0.05) is 15.9 Å². The number of fused-ring (bicyclic) bond motifs is 3. The van der Waals surface area contributed by atoms with E-state index in [1.54, 1.807) is 0 Å². The van der Waals surface area contributed by atoms with Crippen LogP contribution in [0.5, 0.6) is 5.75 Å². The summed E-state index contributed by atoms with van der Waals surface area (Å²) in [6.07, 6.45) is 0.788. The molecule has 0 aliphatic carbocycles. The fourth-order valence-corrected chi connectivity index (χ4v) is 3.60. The third kappa shape index (κ3) is 2.27. The first-order valence-corrected chi connectivity index (χ1v) is 7.36. The Morgan fingerprint density at radius 3 is 3.05 bits per heavy atom. The first kappa shape index (κ1) is 12.7. The number of rotatable bonds is 1. The van der Waals surface area contributed by atoms with E-state index < -0.39 is 0 Å². The minimum atomic E-state index is -0.254. The van der Waals surface area contributed by atoms with Crippen LogP contribution in [0.4, 0.5) is 0 Å². The molecule has 1 aliphatic heterocycles. The molecule has 0 radical (unpaired) electrons. The molecule has 6 heteroatoms. The summed E-state index contributed by atoms with van der Waals surface area (Å²) in [6.45, 7) is 0.613. The zero-order valence-corrected chi connectivity index (χ0v) is 12.3. The maximum Gasteiger partial charge on any atom is 0.275 e. The van der Waals surface area contributed by atoms with Crippen LogP contribution in [0.1, 0.15) is 15.2 Å². The predicted octanol–water partition coefficient (Wildman–Crippen LogP) is 2.72. The number of hydrogen-bond donors (Lipinski definition) is 2. The second kappa shape index (κ2) is 4.96. The van der Waals surface area contributed by atoms with Gasteiger partial charge in [-0.2, -0.15) is 0 Å². The number of nitrogens with two attached hydrogens (primary N) is 1. The normalized spacial score (nSPS) is 12.9. The van der Waals surface area contributed by atoms with Crippen molar-refractivity contribution in [2.24, 2.45) is 5.84 Å². The molecule has 0 saturated carbocycles. The van der Waals surface area contributed by atoms with Crippen molar-refractivity contribution < 1.29 is 9.53 Å². The summed E-state index contributed by atoms with van der Waals surface area (Å²) in [4.78, 5) is 13.3. The molecule has 3 rings (SSSR count). The van der Waals surface area contributed by atoms with Crippen molar-refractivity contribution >= 4 is 33.2 Å². The monoisotopic (exact) mass is 338 g/mol. The third-order valence-electron chi connectivity index (χ3n) is 2.98. The summed E-state index contributed by atoms with van der Waals surface area (Å²) in [5, 5.41) is 0. The Labute approximate surface area is 122 Å². The molecular formula is C13H11BrN2O2S. The van der Waals surface area contributed by atoms with E-state index in [0.29, 0.717) is 11.5 Å². The lowest BCUT2D eigenvalue weighted by atomic mass is 10.1. The predicted molar refractivity (Wildman–Crippen MR) is 78.3 cm³/mol. The van der Waals surface area contributed by atoms with Crippen molar-refractivity contribution in [3.8, 4) is 16.2 Å². The van der Waals surface area contributed by atoms with Crippen molar-refractivity contribution in [3.63, 3.8) is 0 Å². The van der Waals surface area contributed by atoms with E-state index in [0.717, 1.165) is 32.6 Å². The number of carbonyl (C=O) groups is 1. The largest absolute Gasteiger partial charge is 0.493 e. The molecule has 19 heavy (non-hydrogen) atoms. The lowest BCUT2D eigenvalue weighted by molar-refractivity contribution is 0.0957. The molecule has 1 aliphatic rings. The average molecular weight is 339 g/mol. The van der Waals surface area contributed by atoms with Crippen LogP contribution in [0, 0.1) is 0 Å². The molecule has 0 fully saturated rings. The minimum absolute atomic E-state index is 0.254. The van der Waals surface area contributed by atoms with Crippen LogP contribution in [0.15, 0.2) is 28.7 Å². The Morgan fingerprint density at radius 2 is 2.26 bits per heavy atom. The number of carbonyl (C=O) groups excluding carboxylic acids is 1. The van der Waals surface area contributed by atoms with Crippen LogP contribution in [0.2, 0.25) is 0 Å². The Hall–Kier alpha value is -1.37. The van der Waals surface area contributed by atoms with Gasteiger partial charge in [0.05, 0.1) is 11.5 Å². The standard InChI is InChI=1S/C13H11BrN2O2S/c14-8-1-2-10-9(6-8)12-7(3-4-18-10)5-11(19-12)13(17)16-15/h1-2,5-6H,3-4,15H2,(H,16,17). The fourth-order valence-electron chi connectivity index (χ4n) is 2.10. The summed E-state index contributed by atoms with van der Waals surface area (Å²) in [7, 11) is 0. The van der Waals surface area contributed by atoms with Crippen LogP contribution in [-0.4, -0.2) is 12.5 Å². The first-order valence-electron chi connectivity index (χ1n) is 5.75. The van der Waals surface area contributed by atoms with Crippen LogP contribution >= 0.6 is 27.3 Å². The van der Waals surface area contributed by atoms with Gasteiger partial charge in [-0.25, -0.2) is 5.84 Å². The lowest BCUT2D eigenvalue weighted by Gasteiger charge is -2.07. The molecule has 0 spiro atoms. The van der Waals surface area contributed by atoms with Gasteiger partial charge in [0.2, 0.25) is 0 Å². The summed E-state index contributed by atoms with van der Waals surface area (Å²) in [5.74, 6) is 5.78. The number of benzene rings is 1. The van der Waals surface area contributed by atoms with Gasteiger partial charge in [-0.15, -0.1) is 11.3 Å². The number of halogens is 1. The van der Waals surface area contributed by atoms with E-state index in [2.05, 4.69) is 21.4 Å². The van der Waals surface area contributed by atoms with Gasteiger partial charge in [-0.3, -0.25) is 10.2 Å². The smallest absolute Gasteiger partial charge is 0.275 e. The minimum Gasteiger partial charge on any atom is -0.493 e. The second-order valence-electron chi connectivity index (χ2n) is 4.18. The van der Waals surface area contributed by atoms with E-state index in [-0.39, 0.29) is 5.91 Å². The highest BCUT2D eigenvalue weighted by atomic mass is 79.9. The second-order valence-corrected chi connectivity index (χ2v) is 6.15. The van der Waals surface area contributed by atoms with E-state index in [9.17, 15) is 4.79 Å². The SMILES string of the molecule is NNC(=O)c1cc2c(s1)-c1cc(Br)ccc1OCC2. The van der Waals surface area contributed by atoms with Crippen molar-refractivity contribution in [1.29, 1.82) is 0 Å². The number of amides is 1. The van der Waals surface area contributed by atoms with Gasteiger partial charge in [0, 0.05) is 21.3 Å². The van der Waals surface area contributed by atoms with Gasteiger partial charge < -0.3 is 4.74 Å². The first-order chi connectivity index (χ1) is 9.19. The highest BCUT2D eigenvalue weighted by molar-refractivity contribution is 9.10. The highest BCUT2D eigenvalue weighted by Gasteiger charge is 2.21. The average Bonchev–Trinajstić information content (AvgIpc) is 2.76. The molecule has 0 bridgehead atoms. The Kier molecular flexibility index (Phi) is 3.30. The van der Waals surface area contributed by atoms with Gasteiger partial charge in [0.1, 0.15) is 5.75 Å². The molecule has 2 heterocycles. The van der Waals surface area contributed by atoms with E-state index in [1.807, 2.05) is 24.3 Å². The number of thiophene rings is 1. The summed E-state index contributed by atoms with van der Waals surface area (Å²) >= 11 is 4.91. The van der Waals surface area contributed by atoms with Gasteiger partial charge in [-0.05, 0) is 29.8 Å². The third-order valence-corrected chi connectivity index (χ3v) is 4.68. The molecule has 3 N–H and O–H groups in total. The van der Waals surface area contributed by atoms with E-state index in [1.165, 1.54) is 11.3 Å². The Morgan fingerprint density at radius 1 is 1.42 bits per heavy atom. The maximum atomic E-state index is 11.6. The molecular weight excluding hydrogens is 328 g/mol. The van der Waals surface area contributed by atoms with Gasteiger partial charge in [0.15, 0.2) is 0 Å². The topological polar surface area (TPSA) is 64.3 Å². The number of nitrogens with one attached hydrogen (secondary N) is 1. The van der Waals surface area contributed by atoms with Crippen LogP contribution in [-0.2, 0) is 6.42 Å². The van der Waals surface area contributed by atoms with Crippen molar-refractivity contribution in [3.05, 3.63) is 39.2 Å². The fraction of sp³-hybridized carbons (Fsp3) is 0.154. The van der Waals surface area contributed by atoms with Crippen molar-refractivity contribution in [2.45, 2.75) is 6.42 Å². The zero-order chi connectivity index (χ0) is 13.4. The number of nitrogen functional groups attached to an aromatic ring is 1. The van der Waals surface area contributed by atoms with Gasteiger partial charge in [0.25, 0.3) is 5.91 Å². The van der Waals surface area contributed by atoms with E-state index in [4.69, 9.17) is 10.6 Å². The number of hydrazine groups is 1. The van der Waals surface area contributed by atoms with Crippen LogP contribution in [0.3, 0.4) is 0 Å². The van der Waals surface area contributed by atoms with Crippen LogP contribution < -0.4 is 16.0 Å². The molecule has 0 unspecified atom stereocenters. The molecule has 2 aromatic rings. The molecule has 1 aromatic carbocycles. The Bertz CT molecular complexity index is 654. The number of hydrogen-bond acceptors (Lipinski definition) is 4. The quantitative estimate of drug-likeness (QED) is 0.477. The summed E-state index contributed by atoms with van der Waals surface area (Å²) in [6, 6.07) is 7.80.